The molecule has 1 unspecified atom stereocenters. The molecular formula is C16H23N3S. The van der Waals surface area contributed by atoms with E-state index in [1.165, 1.54) is 24.6 Å². The van der Waals surface area contributed by atoms with Gasteiger partial charge in [0.15, 0.2) is 0 Å². The fourth-order valence-electron chi connectivity index (χ4n) is 2.33. The van der Waals surface area contributed by atoms with Gasteiger partial charge < -0.3 is 5.32 Å². The molecule has 0 aliphatic heterocycles. The van der Waals surface area contributed by atoms with E-state index in [0.717, 1.165) is 22.8 Å². The molecule has 3 nitrogen and oxygen atoms in total. The topological polar surface area (TPSA) is 37.8 Å². The average molecular weight is 289 g/mol. The third-order valence-corrected chi connectivity index (χ3v) is 4.52. The quantitative estimate of drug-likeness (QED) is 0.454. The van der Waals surface area contributed by atoms with Crippen LogP contribution in [0.4, 0.5) is 0 Å². The summed E-state index contributed by atoms with van der Waals surface area (Å²) in [7, 11) is 0. The van der Waals surface area contributed by atoms with Gasteiger partial charge in [-0.05, 0) is 37.6 Å². The molecule has 1 aromatic carbocycles. The monoisotopic (exact) mass is 289 g/mol. The lowest BCUT2D eigenvalue weighted by molar-refractivity contribution is 0.477. The fraction of sp³-hybridized carbons (Fsp3) is 0.500. The van der Waals surface area contributed by atoms with Gasteiger partial charge in [0.25, 0.3) is 0 Å². The summed E-state index contributed by atoms with van der Waals surface area (Å²) in [6, 6.07) is 8.87. The van der Waals surface area contributed by atoms with Gasteiger partial charge >= 0.3 is 0 Å². The largest absolute Gasteiger partial charge is 0.314 e. The van der Waals surface area contributed by atoms with E-state index in [4.69, 9.17) is 0 Å². The third-order valence-electron chi connectivity index (χ3n) is 3.43. The minimum Gasteiger partial charge on any atom is -0.314 e. The second-order valence-corrected chi connectivity index (χ2v) is 5.93. The standard InChI is InChI=1S/C16H23N3S/c1-3-13(17-4-2)8-7-11-20-16-14-9-5-6-10-15(14)18-12-19-16/h5-6,9-10,12-13,17H,3-4,7-8,11H2,1-2H3. The van der Waals surface area contributed by atoms with Gasteiger partial charge in [0.05, 0.1) is 5.52 Å². The van der Waals surface area contributed by atoms with E-state index < -0.39 is 0 Å². The zero-order valence-electron chi connectivity index (χ0n) is 12.3. The van der Waals surface area contributed by atoms with Gasteiger partial charge in [-0.3, -0.25) is 0 Å². The number of fused-ring (bicyclic) bond motifs is 1. The van der Waals surface area contributed by atoms with Gasteiger partial charge in [0.2, 0.25) is 0 Å². The van der Waals surface area contributed by atoms with E-state index in [1.54, 1.807) is 6.33 Å². The Labute approximate surface area is 125 Å². The predicted octanol–water partition coefficient (Wildman–Crippen LogP) is 3.89. The molecule has 0 bridgehead atoms. The van der Waals surface area contributed by atoms with Crippen molar-refractivity contribution >= 4 is 22.7 Å². The van der Waals surface area contributed by atoms with Crippen molar-refractivity contribution in [2.75, 3.05) is 12.3 Å². The van der Waals surface area contributed by atoms with Crippen LogP contribution < -0.4 is 5.32 Å². The van der Waals surface area contributed by atoms with Crippen LogP contribution in [0.2, 0.25) is 0 Å². The molecule has 1 N–H and O–H groups in total. The third kappa shape index (κ3) is 4.18. The minimum atomic E-state index is 0.655. The molecule has 2 rings (SSSR count). The summed E-state index contributed by atoms with van der Waals surface area (Å²) in [6.45, 7) is 5.48. The molecule has 1 aromatic heterocycles. The second kappa shape index (κ2) is 8.22. The maximum absolute atomic E-state index is 4.42. The SMILES string of the molecule is CCNC(CC)CCCSc1ncnc2ccccc12. The molecule has 108 valence electrons. The van der Waals surface area contributed by atoms with Crippen molar-refractivity contribution in [3.05, 3.63) is 30.6 Å². The first-order valence-corrected chi connectivity index (χ1v) is 8.39. The fourth-order valence-corrected chi connectivity index (χ4v) is 3.29. The summed E-state index contributed by atoms with van der Waals surface area (Å²) in [5.74, 6) is 1.11. The van der Waals surface area contributed by atoms with Crippen molar-refractivity contribution in [1.82, 2.24) is 15.3 Å². The van der Waals surface area contributed by atoms with Crippen molar-refractivity contribution in [3.8, 4) is 0 Å². The highest BCUT2D eigenvalue weighted by atomic mass is 32.2. The molecule has 0 saturated heterocycles. The van der Waals surface area contributed by atoms with Crippen molar-refractivity contribution in [2.45, 2.75) is 44.2 Å². The molecule has 2 aromatic rings. The van der Waals surface area contributed by atoms with Gasteiger partial charge in [-0.1, -0.05) is 32.0 Å². The van der Waals surface area contributed by atoms with Crippen LogP contribution in [0.3, 0.4) is 0 Å². The van der Waals surface area contributed by atoms with Crippen molar-refractivity contribution in [1.29, 1.82) is 0 Å². The van der Waals surface area contributed by atoms with E-state index >= 15 is 0 Å². The summed E-state index contributed by atoms with van der Waals surface area (Å²) < 4.78 is 0. The summed E-state index contributed by atoms with van der Waals surface area (Å²) in [5.41, 5.74) is 1.03. The normalized spacial score (nSPS) is 12.7. The van der Waals surface area contributed by atoms with Gasteiger partial charge in [-0.15, -0.1) is 11.8 Å². The maximum atomic E-state index is 4.42. The van der Waals surface area contributed by atoms with E-state index in [9.17, 15) is 0 Å². The van der Waals surface area contributed by atoms with Crippen LogP contribution in [0, 0.1) is 0 Å². The number of para-hydroxylation sites is 1. The van der Waals surface area contributed by atoms with Crippen LogP contribution in [-0.2, 0) is 0 Å². The molecule has 4 heteroatoms. The second-order valence-electron chi connectivity index (χ2n) is 4.85. The van der Waals surface area contributed by atoms with Crippen LogP contribution in [0.1, 0.15) is 33.1 Å². The zero-order valence-corrected chi connectivity index (χ0v) is 13.1. The Bertz CT molecular complexity index is 525. The molecular weight excluding hydrogens is 266 g/mol. The molecule has 0 aliphatic rings. The summed E-state index contributed by atoms with van der Waals surface area (Å²) in [6.07, 6.45) is 5.32. The molecule has 20 heavy (non-hydrogen) atoms. The number of aromatic nitrogens is 2. The Kier molecular flexibility index (Phi) is 6.27. The summed E-state index contributed by atoms with van der Waals surface area (Å²) >= 11 is 1.84. The molecule has 0 spiro atoms. The first-order valence-electron chi connectivity index (χ1n) is 7.41. The summed E-state index contributed by atoms with van der Waals surface area (Å²) in [4.78, 5) is 8.72. The van der Waals surface area contributed by atoms with Crippen LogP contribution in [0.25, 0.3) is 10.9 Å². The number of thioether (sulfide) groups is 1. The lowest BCUT2D eigenvalue weighted by atomic mass is 10.1. The predicted molar refractivity (Wildman–Crippen MR) is 87.3 cm³/mol. The number of nitrogens with one attached hydrogen (secondary N) is 1. The van der Waals surface area contributed by atoms with Gasteiger partial charge in [-0.25, -0.2) is 9.97 Å². The van der Waals surface area contributed by atoms with Gasteiger partial charge in [0, 0.05) is 11.4 Å². The number of hydrogen-bond donors (Lipinski definition) is 1. The number of nitrogens with zero attached hydrogens (tertiary/aromatic N) is 2. The van der Waals surface area contributed by atoms with E-state index in [2.05, 4.69) is 35.2 Å². The smallest absolute Gasteiger partial charge is 0.117 e. The molecule has 0 saturated carbocycles. The highest BCUT2D eigenvalue weighted by Crippen LogP contribution is 2.25. The number of rotatable bonds is 8. The van der Waals surface area contributed by atoms with E-state index in [1.807, 2.05) is 30.0 Å². The lowest BCUT2D eigenvalue weighted by Crippen LogP contribution is -2.28. The van der Waals surface area contributed by atoms with Crippen LogP contribution in [0.15, 0.2) is 35.6 Å². The van der Waals surface area contributed by atoms with Crippen molar-refractivity contribution in [2.24, 2.45) is 0 Å². The molecule has 0 radical (unpaired) electrons. The first-order chi connectivity index (χ1) is 9.85. The van der Waals surface area contributed by atoms with Gasteiger partial charge in [0.1, 0.15) is 11.4 Å². The Morgan fingerprint density at radius 1 is 1.20 bits per heavy atom. The maximum Gasteiger partial charge on any atom is 0.117 e. The molecule has 1 atom stereocenters. The summed E-state index contributed by atoms with van der Waals surface area (Å²) in [5, 5.41) is 5.79. The van der Waals surface area contributed by atoms with Crippen LogP contribution in [0.5, 0.6) is 0 Å². The Morgan fingerprint density at radius 3 is 2.85 bits per heavy atom. The van der Waals surface area contributed by atoms with E-state index in [0.29, 0.717) is 6.04 Å². The molecule has 0 amide bonds. The first kappa shape index (κ1) is 15.3. The Balaban J connectivity index is 1.87. The molecule has 0 aliphatic carbocycles. The number of hydrogen-bond acceptors (Lipinski definition) is 4. The Hall–Kier alpha value is -1.13. The van der Waals surface area contributed by atoms with E-state index in [-0.39, 0.29) is 0 Å². The molecule has 0 fully saturated rings. The van der Waals surface area contributed by atoms with Crippen LogP contribution in [-0.4, -0.2) is 28.3 Å². The number of benzene rings is 1. The Morgan fingerprint density at radius 2 is 2.05 bits per heavy atom. The zero-order chi connectivity index (χ0) is 14.2. The minimum absolute atomic E-state index is 0.655. The van der Waals surface area contributed by atoms with Crippen LogP contribution >= 0.6 is 11.8 Å². The highest BCUT2D eigenvalue weighted by molar-refractivity contribution is 7.99. The van der Waals surface area contributed by atoms with Crippen molar-refractivity contribution in [3.63, 3.8) is 0 Å². The lowest BCUT2D eigenvalue weighted by Gasteiger charge is -2.15. The van der Waals surface area contributed by atoms with Crippen molar-refractivity contribution < 1.29 is 0 Å². The van der Waals surface area contributed by atoms with Gasteiger partial charge in [-0.2, -0.15) is 0 Å². The highest BCUT2D eigenvalue weighted by Gasteiger charge is 2.06. The molecule has 1 heterocycles. The average Bonchev–Trinajstić information content (AvgIpc) is 2.50.